The first-order valence-electron chi connectivity index (χ1n) is 5.87. The average molecular weight is 361 g/mol. The molecule has 0 aliphatic rings. The average Bonchev–Trinajstić information content (AvgIpc) is 2.33. The van der Waals surface area contributed by atoms with E-state index in [1.807, 2.05) is 6.92 Å². The van der Waals surface area contributed by atoms with Crippen LogP contribution in [0.2, 0.25) is 0 Å². The van der Waals surface area contributed by atoms with Gasteiger partial charge in [0.1, 0.15) is 6.54 Å². The SMILES string of the molecule is C=CCNC(=O)CN(c1ccc(C)cc1Br)S(C)(=O)=O. The minimum absolute atomic E-state index is 0.270. The Morgan fingerprint density at radius 1 is 1.50 bits per heavy atom. The number of hydrogen-bond donors (Lipinski definition) is 1. The lowest BCUT2D eigenvalue weighted by Crippen LogP contribution is -2.40. The van der Waals surface area contributed by atoms with Crippen LogP contribution in [-0.4, -0.2) is 33.7 Å². The predicted octanol–water partition coefficient (Wildman–Crippen LogP) is 1.83. The van der Waals surface area contributed by atoms with E-state index in [1.165, 1.54) is 6.08 Å². The van der Waals surface area contributed by atoms with Crippen molar-refractivity contribution in [3.8, 4) is 0 Å². The summed E-state index contributed by atoms with van der Waals surface area (Å²) >= 11 is 3.33. The number of halogens is 1. The molecule has 20 heavy (non-hydrogen) atoms. The largest absolute Gasteiger partial charge is 0.351 e. The normalized spacial score (nSPS) is 10.9. The van der Waals surface area contributed by atoms with Gasteiger partial charge in [-0.1, -0.05) is 12.1 Å². The monoisotopic (exact) mass is 360 g/mol. The maximum Gasteiger partial charge on any atom is 0.241 e. The number of carbonyl (C=O) groups excluding carboxylic acids is 1. The summed E-state index contributed by atoms with van der Waals surface area (Å²) in [5, 5.41) is 2.56. The van der Waals surface area contributed by atoms with E-state index in [2.05, 4.69) is 27.8 Å². The van der Waals surface area contributed by atoms with Gasteiger partial charge in [0.15, 0.2) is 0 Å². The first kappa shape index (κ1) is 16.7. The number of benzene rings is 1. The molecule has 0 spiro atoms. The number of aryl methyl sites for hydroxylation is 1. The highest BCUT2D eigenvalue weighted by atomic mass is 79.9. The summed E-state index contributed by atoms with van der Waals surface area (Å²) in [5.41, 5.74) is 1.43. The predicted molar refractivity (Wildman–Crippen MR) is 84.3 cm³/mol. The van der Waals surface area contributed by atoms with Crippen molar-refractivity contribution >= 4 is 37.5 Å². The van der Waals surface area contributed by atoms with Crippen molar-refractivity contribution in [3.05, 3.63) is 40.9 Å². The second-order valence-corrected chi connectivity index (χ2v) is 7.08. The van der Waals surface area contributed by atoms with Gasteiger partial charge in [-0.05, 0) is 40.5 Å². The lowest BCUT2D eigenvalue weighted by molar-refractivity contribution is -0.119. The van der Waals surface area contributed by atoms with Crippen LogP contribution in [0.5, 0.6) is 0 Å². The first-order valence-corrected chi connectivity index (χ1v) is 8.51. The molecule has 0 unspecified atom stereocenters. The Morgan fingerprint density at radius 3 is 2.65 bits per heavy atom. The molecule has 1 amide bonds. The summed E-state index contributed by atoms with van der Waals surface area (Å²) in [6.45, 7) is 5.41. The highest BCUT2D eigenvalue weighted by Gasteiger charge is 2.22. The van der Waals surface area contributed by atoms with Gasteiger partial charge < -0.3 is 5.32 Å². The van der Waals surface area contributed by atoms with Gasteiger partial charge in [0.05, 0.1) is 11.9 Å². The van der Waals surface area contributed by atoms with Crippen LogP contribution in [0.1, 0.15) is 5.56 Å². The van der Waals surface area contributed by atoms with E-state index < -0.39 is 10.0 Å². The van der Waals surface area contributed by atoms with Crippen LogP contribution < -0.4 is 9.62 Å². The summed E-state index contributed by atoms with van der Waals surface area (Å²) in [6.07, 6.45) is 2.60. The zero-order chi connectivity index (χ0) is 15.3. The number of nitrogens with zero attached hydrogens (tertiary/aromatic N) is 1. The van der Waals surface area contributed by atoms with Crippen LogP contribution in [-0.2, 0) is 14.8 Å². The van der Waals surface area contributed by atoms with Crippen molar-refractivity contribution in [2.45, 2.75) is 6.92 Å². The van der Waals surface area contributed by atoms with Gasteiger partial charge in [0.25, 0.3) is 0 Å². The molecule has 0 fully saturated rings. The molecule has 110 valence electrons. The van der Waals surface area contributed by atoms with Crippen molar-refractivity contribution in [1.82, 2.24) is 5.32 Å². The van der Waals surface area contributed by atoms with Gasteiger partial charge in [-0.2, -0.15) is 0 Å². The molecule has 0 saturated heterocycles. The van der Waals surface area contributed by atoms with Crippen LogP contribution >= 0.6 is 15.9 Å². The third kappa shape index (κ3) is 4.64. The minimum atomic E-state index is -3.56. The molecular weight excluding hydrogens is 344 g/mol. The van der Waals surface area contributed by atoms with Crippen LogP contribution in [0.3, 0.4) is 0 Å². The Morgan fingerprint density at radius 2 is 2.15 bits per heavy atom. The van der Waals surface area contributed by atoms with Crippen molar-refractivity contribution in [1.29, 1.82) is 0 Å². The van der Waals surface area contributed by atoms with Crippen LogP contribution in [0.25, 0.3) is 0 Å². The van der Waals surface area contributed by atoms with E-state index in [0.29, 0.717) is 16.7 Å². The Labute approximate surface area is 127 Å². The number of nitrogens with one attached hydrogen (secondary N) is 1. The minimum Gasteiger partial charge on any atom is -0.351 e. The summed E-state index contributed by atoms with van der Waals surface area (Å²) in [7, 11) is -3.56. The quantitative estimate of drug-likeness (QED) is 0.786. The topological polar surface area (TPSA) is 66.5 Å². The van der Waals surface area contributed by atoms with Crippen molar-refractivity contribution in [2.75, 3.05) is 23.7 Å². The highest BCUT2D eigenvalue weighted by molar-refractivity contribution is 9.10. The molecule has 0 atom stereocenters. The van der Waals surface area contributed by atoms with E-state index in [1.54, 1.807) is 18.2 Å². The van der Waals surface area contributed by atoms with Gasteiger partial charge in [0, 0.05) is 11.0 Å². The molecule has 0 saturated carbocycles. The molecule has 5 nitrogen and oxygen atoms in total. The van der Waals surface area contributed by atoms with Crippen molar-refractivity contribution < 1.29 is 13.2 Å². The molecule has 0 aliphatic heterocycles. The second-order valence-electron chi connectivity index (χ2n) is 4.32. The van der Waals surface area contributed by atoms with Crippen molar-refractivity contribution in [3.63, 3.8) is 0 Å². The molecule has 0 radical (unpaired) electrons. The van der Waals surface area contributed by atoms with Crippen LogP contribution in [0.15, 0.2) is 35.3 Å². The third-order valence-electron chi connectivity index (χ3n) is 2.50. The summed E-state index contributed by atoms with van der Waals surface area (Å²) in [5.74, 6) is -0.386. The van der Waals surface area contributed by atoms with E-state index in [0.717, 1.165) is 16.1 Å². The van der Waals surface area contributed by atoms with Gasteiger partial charge in [-0.3, -0.25) is 9.10 Å². The zero-order valence-corrected chi connectivity index (χ0v) is 13.8. The number of carbonyl (C=O) groups is 1. The Bertz CT molecular complexity index is 614. The molecule has 1 aromatic rings. The summed E-state index contributed by atoms with van der Waals surface area (Å²) in [4.78, 5) is 11.7. The van der Waals surface area contributed by atoms with E-state index in [-0.39, 0.29) is 12.5 Å². The zero-order valence-electron chi connectivity index (χ0n) is 11.4. The fourth-order valence-corrected chi connectivity index (χ4v) is 3.26. The maximum absolute atomic E-state index is 11.9. The molecule has 0 heterocycles. The van der Waals surface area contributed by atoms with E-state index >= 15 is 0 Å². The molecule has 0 bridgehead atoms. The Hall–Kier alpha value is -1.34. The van der Waals surface area contributed by atoms with Crippen LogP contribution in [0.4, 0.5) is 5.69 Å². The van der Waals surface area contributed by atoms with Gasteiger partial charge in [0.2, 0.25) is 15.9 Å². The standard InChI is InChI=1S/C13H17BrN2O3S/c1-4-7-15-13(17)9-16(20(3,18)19)12-6-5-10(2)8-11(12)14/h4-6,8H,1,7,9H2,2-3H3,(H,15,17). The lowest BCUT2D eigenvalue weighted by Gasteiger charge is -2.23. The second kappa shape index (κ2) is 6.90. The number of rotatable bonds is 6. The lowest BCUT2D eigenvalue weighted by atomic mass is 10.2. The number of hydrogen-bond acceptors (Lipinski definition) is 3. The number of amides is 1. The molecule has 0 aliphatic carbocycles. The summed E-state index contributed by atoms with van der Waals surface area (Å²) < 4.78 is 25.5. The number of sulfonamides is 1. The fraction of sp³-hybridized carbons (Fsp3) is 0.308. The maximum atomic E-state index is 11.9. The molecular formula is C13H17BrN2O3S. The molecule has 0 aromatic heterocycles. The smallest absolute Gasteiger partial charge is 0.241 e. The molecule has 1 aromatic carbocycles. The number of anilines is 1. The van der Waals surface area contributed by atoms with Gasteiger partial charge in [-0.15, -0.1) is 6.58 Å². The molecule has 1 rings (SSSR count). The third-order valence-corrected chi connectivity index (χ3v) is 4.26. The summed E-state index contributed by atoms with van der Waals surface area (Å²) in [6, 6.07) is 5.26. The van der Waals surface area contributed by atoms with Crippen LogP contribution in [0, 0.1) is 6.92 Å². The van der Waals surface area contributed by atoms with Crippen molar-refractivity contribution in [2.24, 2.45) is 0 Å². The van der Waals surface area contributed by atoms with E-state index in [4.69, 9.17) is 0 Å². The highest BCUT2D eigenvalue weighted by Crippen LogP contribution is 2.28. The van der Waals surface area contributed by atoms with E-state index in [9.17, 15) is 13.2 Å². The Balaban J connectivity index is 3.08. The fourth-order valence-electron chi connectivity index (χ4n) is 1.57. The molecule has 1 N–H and O–H groups in total. The van der Waals surface area contributed by atoms with Gasteiger partial charge >= 0.3 is 0 Å². The van der Waals surface area contributed by atoms with Gasteiger partial charge in [-0.25, -0.2) is 8.42 Å². The first-order chi connectivity index (χ1) is 9.25. The molecule has 7 heteroatoms. The Kier molecular flexibility index (Phi) is 5.76.